The lowest BCUT2D eigenvalue weighted by atomic mass is 10.0. The molecule has 1 aromatic heterocycles. The topological polar surface area (TPSA) is 90.1 Å². The molecule has 2 aromatic rings. The van der Waals surface area contributed by atoms with Crippen molar-refractivity contribution in [1.29, 1.82) is 0 Å². The highest BCUT2D eigenvalue weighted by atomic mass is 16.5. The zero-order chi connectivity index (χ0) is 17.1. The van der Waals surface area contributed by atoms with Gasteiger partial charge in [0, 0.05) is 6.54 Å². The van der Waals surface area contributed by atoms with Crippen LogP contribution in [-0.4, -0.2) is 9.55 Å². The average molecular weight is 317 g/mol. The standard InChI is InChI=1S/C17H23N3O3/c1-5-8-20-15(18)14(16(21)19-17(20)22)23-13-9-12(10(2)3)7-6-11(13)4/h6-7,9-10H,5,8,18H2,1-4H3,(H,19,21,22). The molecule has 0 saturated heterocycles. The van der Waals surface area contributed by atoms with E-state index in [0.717, 1.165) is 17.5 Å². The monoisotopic (exact) mass is 317 g/mol. The van der Waals surface area contributed by atoms with E-state index in [9.17, 15) is 9.59 Å². The number of aromatic amines is 1. The Balaban J connectivity index is 2.53. The summed E-state index contributed by atoms with van der Waals surface area (Å²) in [4.78, 5) is 26.2. The molecule has 0 atom stereocenters. The number of aryl methyl sites for hydroxylation is 1. The van der Waals surface area contributed by atoms with Gasteiger partial charge in [-0.2, -0.15) is 0 Å². The summed E-state index contributed by atoms with van der Waals surface area (Å²) in [5.74, 6) is 0.912. The molecule has 0 spiro atoms. The van der Waals surface area contributed by atoms with Gasteiger partial charge in [-0.05, 0) is 36.5 Å². The molecule has 2 rings (SSSR count). The summed E-state index contributed by atoms with van der Waals surface area (Å²) in [5.41, 5.74) is 6.84. The lowest BCUT2D eigenvalue weighted by Crippen LogP contribution is -2.32. The number of nitrogens with two attached hydrogens (primary N) is 1. The van der Waals surface area contributed by atoms with Crippen molar-refractivity contribution in [3.8, 4) is 11.5 Å². The highest BCUT2D eigenvalue weighted by Crippen LogP contribution is 2.29. The molecule has 23 heavy (non-hydrogen) atoms. The summed E-state index contributed by atoms with van der Waals surface area (Å²) in [6.45, 7) is 8.40. The Morgan fingerprint density at radius 3 is 2.61 bits per heavy atom. The van der Waals surface area contributed by atoms with Gasteiger partial charge in [0.05, 0.1) is 0 Å². The van der Waals surface area contributed by atoms with Crippen LogP contribution in [0.2, 0.25) is 0 Å². The van der Waals surface area contributed by atoms with E-state index < -0.39 is 11.2 Å². The average Bonchev–Trinajstić information content (AvgIpc) is 2.49. The number of ether oxygens (including phenoxy) is 1. The molecular formula is C17H23N3O3. The van der Waals surface area contributed by atoms with Crippen LogP contribution in [-0.2, 0) is 6.54 Å². The van der Waals surface area contributed by atoms with E-state index in [-0.39, 0.29) is 11.6 Å². The third-order valence-corrected chi connectivity index (χ3v) is 3.73. The number of hydrogen-bond acceptors (Lipinski definition) is 4. The highest BCUT2D eigenvalue weighted by Gasteiger charge is 2.15. The highest BCUT2D eigenvalue weighted by molar-refractivity contribution is 5.49. The zero-order valence-corrected chi connectivity index (χ0v) is 14.0. The van der Waals surface area contributed by atoms with Crippen molar-refractivity contribution in [3.63, 3.8) is 0 Å². The Bertz CT molecular complexity index is 819. The Morgan fingerprint density at radius 2 is 2.00 bits per heavy atom. The van der Waals surface area contributed by atoms with Crippen LogP contribution in [0, 0.1) is 6.92 Å². The lowest BCUT2D eigenvalue weighted by molar-refractivity contribution is 0.460. The van der Waals surface area contributed by atoms with Gasteiger partial charge in [-0.25, -0.2) is 4.79 Å². The van der Waals surface area contributed by atoms with Crippen molar-refractivity contribution in [2.45, 2.75) is 46.6 Å². The van der Waals surface area contributed by atoms with Crippen molar-refractivity contribution < 1.29 is 4.74 Å². The van der Waals surface area contributed by atoms with Gasteiger partial charge in [-0.1, -0.05) is 32.9 Å². The number of nitrogens with zero attached hydrogens (tertiary/aromatic N) is 1. The quantitative estimate of drug-likeness (QED) is 0.887. The van der Waals surface area contributed by atoms with E-state index >= 15 is 0 Å². The van der Waals surface area contributed by atoms with Crippen LogP contribution in [0.5, 0.6) is 11.5 Å². The van der Waals surface area contributed by atoms with Crippen LogP contribution in [0.4, 0.5) is 5.82 Å². The first kappa shape index (κ1) is 16.9. The van der Waals surface area contributed by atoms with Crippen LogP contribution in [0.15, 0.2) is 27.8 Å². The molecule has 0 bridgehead atoms. The number of aromatic nitrogens is 2. The molecule has 0 aliphatic rings. The first-order valence-corrected chi connectivity index (χ1v) is 7.76. The minimum Gasteiger partial charge on any atom is -0.447 e. The van der Waals surface area contributed by atoms with Crippen LogP contribution in [0.1, 0.15) is 44.2 Å². The van der Waals surface area contributed by atoms with Gasteiger partial charge in [-0.3, -0.25) is 14.3 Å². The Hall–Kier alpha value is -2.50. The van der Waals surface area contributed by atoms with Crippen LogP contribution in [0.25, 0.3) is 0 Å². The maximum atomic E-state index is 12.1. The smallest absolute Gasteiger partial charge is 0.330 e. The fourth-order valence-electron chi connectivity index (χ4n) is 2.31. The summed E-state index contributed by atoms with van der Waals surface area (Å²) in [6.07, 6.45) is 0.720. The number of nitrogens with one attached hydrogen (secondary N) is 1. The molecule has 0 saturated carbocycles. The normalized spacial score (nSPS) is 11.0. The number of anilines is 1. The first-order valence-electron chi connectivity index (χ1n) is 7.76. The fraction of sp³-hybridized carbons (Fsp3) is 0.412. The van der Waals surface area contributed by atoms with E-state index in [1.807, 2.05) is 32.0 Å². The molecule has 0 aliphatic heterocycles. The minimum atomic E-state index is -0.616. The van der Waals surface area contributed by atoms with Crippen molar-refractivity contribution in [2.75, 3.05) is 5.73 Å². The summed E-state index contributed by atoms with van der Waals surface area (Å²) >= 11 is 0. The molecule has 0 radical (unpaired) electrons. The Kier molecular flexibility index (Phi) is 4.93. The molecule has 0 fully saturated rings. The predicted octanol–water partition coefficient (Wildman–Crippen LogP) is 2.75. The zero-order valence-electron chi connectivity index (χ0n) is 14.0. The molecule has 1 aromatic carbocycles. The maximum absolute atomic E-state index is 12.1. The second-order valence-electron chi connectivity index (χ2n) is 5.91. The van der Waals surface area contributed by atoms with E-state index in [0.29, 0.717) is 18.2 Å². The molecule has 1 heterocycles. The Morgan fingerprint density at radius 1 is 1.30 bits per heavy atom. The number of rotatable bonds is 5. The SMILES string of the molecule is CCCn1c(N)c(Oc2cc(C(C)C)ccc2C)c(=O)[nH]c1=O. The minimum absolute atomic E-state index is 0.0398. The van der Waals surface area contributed by atoms with Crippen LogP contribution < -0.4 is 21.7 Å². The summed E-state index contributed by atoms with van der Waals surface area (Å²) in [7, 11) is 0. The number of H-pyrrole nitrogens is 1. The molecule has 6 heteroatoms. The Labute approximate surface area is 134 Å². The van der Waals surface area contributed by atoms with Crippen molar-refractivity contribution in [1.82, 2.24) is 9.55 Å². The van der Waals surface area contributed by atoms with Gasteiger partial charge in [0.2, 0.25) is 5.75 Å². The summed E-state index contributed by atoms with van der Waals surface area (Å²) in [5, 5.41) is 0. The van der Waals surface area contributed by atoms with Gasteiger partial charge >= 0.3 is 5.69 Å². The molecule has 6 nitrogen and oxygen atoms in total. The largest absolute Gasteiger partial charge is 0.447 e. The van der Waals surface area contributed by atoms with Crippen LogP contribution >= 0.6 is 0 Å². The molecule has 0 aliphatic carbocycles. The molecular weight excluding hydrogens is 294 g/mol. The number of benzene rings is 1. The van der Waals surface area contributed by atoms with E-state index in [2.05, 4.69) is 18.8 Å². The van der Waals surface area contributed by atoms with Gasteiger partial charge < -0.3 is 10.5 Å². The predicted molar refractivity (Wildman–Crippen MR) is 91.4 cm³/mol. The molecule has 0 unspecified atom stereocenters. The van der Waals surface area contributed by atoms with E-state index in [4.69, 9.17) is 10.5 Å². The van der Waals surface area contributed by atoms with Gasteiger partial charge in [0.25, 0.3) is 5.56 Å². The lowest BCUT2D eigenvalue weighted by Gasteiger charge is -2.15. The van der Waals surface area contributed by atoms with Gasteiger partial charge in [0.15, 0.2) is 5.82 Å². The van der Waals surface area contributed by atoms with Crippen LogP contribution in [0.3, 0.4) is 0 Å². The molecule has 3 N–H and O–H groups in total. The fourth-order valence-corrected chi connectivity index (χ4v) is 2.31. The van der Waals surface area contributed by atoms with Crippen molar-refractivity contribution in [2.24, 2.45) is 0 Å². The van der Waals surface area contributed by atoms with E-state index in [1.165, 1.54) is 4.57 Å². The molecule has 124 valence electrons. The molecule has 0 amide bonds. The summed E-state index contributed by atoms with van der Waals surface area (Å²) in [6, 6.07) is 5.86. The van der Waals surface area contributed by atoms with Gasteiger partial charge in [0.1, 0.15) is 5.75 Å². The third kappa shape index (κ3) is 3.47. The van der Waals surface area contributed by atoms with Crippen molar-refractivity contribution >= 4 is 5.82 Å². The van der Waals surface area contributed by atoms with E-state index in [1.54, 1.807) is 0 Å². The second-order valence-corrected chi connectivity index (χ2v) is 5.91. The number of hydrogen-bond donors (Lipinski definition) is 2. The summed E-state index contributed by atoms with van der Waals surface area (Å²) < 4.78 is 7.09. The van der Waals surface area contributed by atoms with Crippen molar-refractivity contribution in [3.05, 3.63) is 50.2 Å². The second kappa shape index (κ2) is 6.73. The third-order valence-electron chi connectivity index (χ3n) is 3.73. The first-order chi connectivity index (χ1) is 10.8. The maximum Gasteiger partial charge on any atom is 0.330 e. The number of nitrogen functional groups attached to an aromatic ring is 1. The van der Waals surface area contributed by atoms with Gasteiger partial charge in [-0.15, -0.1) is 0 Å².